The van der Waals surface area contributed by atoms with Crippen LogP contribution in [0.3, 0.4) is 0 Å². The molecule has 3 rings (SSSR count). The molecule has 1 aromatic carbocycles. The molecule has 2 aromatic rings. The van der Waals surface area contributed by atoms with Crippen LogP contribution in [0.2, 0.25) is 0 Å². The van der Waals surface area contributed by atoms with Crippen molar-refractivity contribution < 1.29 is 9.18 Å². The van der Waals surface area contributed by atoms with Crippen LogP contribution in [0.5, 0.6) is 0 Å². The maximum Gasteiger partial charge on any atom is 0.255 e. The van der Waals surface area contributed by atoms with E-state index in [4.69, 9.17) is 0 Å². The van der Waals surface area contributed by atoms with Crippen molar-refractivity contribution in [2.24, 2.45) is 0 Å². The van der Waals surface area contributed by atoms with E-state index in [1.54, 1.807) is 31.5 Å². The zero-order valence-corrected chi connectivity index (χ0v) is 14.6. The number of nitrogens with zero attached hydrogens (tertiary/aromatic N) is 1. The molecule has 2 heterocycles. The number of benzene rings is 1. The zero-order valence-electron chi connectivity index (χ0n) is 14.6. The molecular weight excluding hydrogens is 317 g/mol. The molecule has 0 radical (unpaired) electrons. The van der Waals surface area contributed by atoms with Crippen LogP contribution in [0, 0.1) is 12.7 Å². The van der Waals surface area contributed by atoms with Gasteiger partial charge in [-0.1, -0.05) is 25.1 Å². The maximum atomic E-state index is 14.2. The summed E-state index contributed by atoms with van der Waals surface area (Å²) >= 11 is 0. The van der Waals surface area contributed by atoms with Gasteiger partial charge in [-0.2, -0.15) is 0 Å². The quantitative estimate of drug-likeness (QED) is 0.875. The van der Waals surface area contributed by atoms with E-state index in [0.29, 0.717) is 11.6 Å². The third kappa shape index (κ3) is 3.87. The normalized spacial score (nSPS) is 21.1. The zero-order chi connectivity index (χ0) is 17.8. The van der Waals surface area contributed by atoms with Gasteiger partial charge in [-0.05, 0) is 49.4 Å². The topological polar surface area (TPSA) is 54.0 Å². The van der Waals surface area contributed by atoms with Crippen LogP contribution in [-0.4, -0.2) is 23.0 Å². The standard InChI is InChI=1S/C20H24FN3O/c1-3-15-9-10-17(23-15)19(14-7-5-11-22-12-14)24-20(25)18-13(2)6-4-8-16(18)21/h4-8,11-12,15,17,19,23H,3,9-10H2,1-2H3,(H,24,25). The van der Waals surface area contributed by atoms with Gasteiger partial charge in [-0.3, -0.25) is 9.78 Å². The van der Waals surface area contributed by atoms with E-state index in [9.17, 15) is 9.18 Å². The van der Waals surface area contributed by atoms with Gasteiger partial charge in [0.05, 0.1) is 11.6 Å². The number of nitrogens with one attached hydrogen (secondary N) is 2. The molecule has 132 valence electrons. The Balaban J connectivity index is 1.86. The van der Waals surface area contributed by atoms with Crippen molar-refractivity contribution in [1.29, 1.82) is 0 Å². The van der Waals surface area contributed by atoms with Crippen molar-refractivity contribution in [3.05, 3.63) is 65.2 Å². The number of rotatable bonds is 5. The summed E-state index contributed by atoms with van der Waals surface area (Å²) in [7, 11) is 0. The summed E-state index contributed by atoms with van der Waals surface area (Å²) in [4.78, 5) is 17.0. The first-order chi connectivity index (χ1) is 12.1. The van der Waals surface area contributed by atoms with Crippen molar-refractivity contribution in [3.8, 4) is 0 Å². The molecule has 0 saturated carbocycles. The average molecular weight is 341 g/mol. The van der Waals surface area contributed by atoms with Gasteiger partial charge in [-0.25, -0.2) is 4.39 Å². The summed E-state index contributed by atoms with van der Waals surface area (Å²) in [6.45, 7) is 3.90. The van der Waals surface area contributed by atoms with Crippen LogP contribution in [0.25, 0.3) is 0 Å². The molecule has 5 heteroatoms. The summed E-state index contributed by atoms with van der Waals surface area (Å²) in [6.07, 6.45) is 6.57. The molecule has 2 N–H and O–H groups in total. The molecule has 1 amide bonds. The Bertz CT molecular complexity index is 715. The van der Waals surface area contributed by atoms with Crippen molar-refractivity contribution in [2.45, 2.75) is 51.2 Å². The predicted molar refractivity (Wildman–Crippen MR) is 95.8 cm³/mol. The first-order valence-electron chi connectivity index (χ1n) is 8.82. The number of amides is 1. The van der Waals surface area contributed by atoms with Gasteiger partial charge in [0.15, 0.2) is 0 Å². The Morgan fingerprint density at radius 1 is 1.36 bits per heavy atom. The van der Waals surface area contributed by atoms with Crippen molar-refractivity contribution in [1.82, 2.24) is 15.6 Å². The van der Waals surface area contributed by atoms with Gasteiger partial charge in [0, 0.05) is 24.5 Å². The van der Waals surface area contributed by atoms with E-state index >= 15 is 0 Å². The van der Waals surface area contributed by atoms with Gasteiger partial charge in [0.2, 0.25) is 0 Å². The fourth-order valence-electron chi connectivity index (χ4n) is 3.54. The summed E-state index contributed by atoms with van der Waals surface area (Å²) < 4.78 is 14.2. The lowest BCUT2D eigenvalue weighted by Gasteiger charge is -2.26. The van der Waals surface area contributed by atoms with Crippen LogP contribution in [0.15, 0.2) is 42.7 Å². The Labute approximate surface area is 147 Å². The van der Waals surface area contributed by atoms with Gasteiger partial charge in [-0.15, -0.1) is 0 Å². The lowest BCUT2D eigenvalue weighted by molar-refractivity contribution is 0.0923. The SMILES string of the molecule is CCC1CCC(C(NC(=O)c2c(C)cccc2F)c2cccnc2)N1. The fraction of sp³-hybridized carbons (Fsp3) is 0.400. The number of pyridine rings is 1. The van der Waals surface area contributed by atoms with Gasteiger partial charge < -0.3 is 10.6 Å². The summed E-state index contributed by atoms with van der Waals surface area (Å²) in [5, 5.41) is 6.63. The van der Waals surface area contributed by atoms with E-state index in [2.05, 4.69) is 22.5 Å². The molecule has 1 aliphatic heterocycles. The average Bonchev–Trinajstić information content (AvgIpc) is 3.09. The molecule has 1 saturated heterocycles. The van der Waals surface area contributed by atoms with Gasteiger partial charge in [0.1, 0.15) is 5.82 Å². The number of hydrogen-bond acceptors (Lipinski definition) is 3. The smallest absolute Gasteiger partial charge is 0.255 e. The third-order valence-electron chi connectivity index (χ3n) is 4.95. The number of carbonyl (C=O) groups is 1. The number of aryl methyl sites for hydroxylation is 1. The Kier molecular flexibility index (Phi) is 5.43. The molecule has 25 heavy (non-hydrogen) atoms. The van der Waals surface area contributed by atoms with Crippen molar-refractivity contribution in [2.75, 3.05) is 0 Å². The molecule has 0 aliphatic carbocycles. The van der Waals surface area contributed by atoms with E-state index in [0.717, 1.165) is 24.8 Å². The molecule has 4 nitrogen and oxygen atoms in total. The maximum absolute atomic E-state index is 14.2. The second-order valence-electron chi connectivity index (χ2n) is 6.62. The third-order valence-corrected chi connectivity index (χ3v) is 4.95. The second kappa shape index (κ2) is 7.74. The molecule has 0 bridgehead atoms. The summed E-state index contributed by atoms with van der Waals surface area (Å²) in [5.41, 5.74) is 1.67. The first-order valence-corrected chi connectivity index (χ1v) is 8.82. The van der Waals surface area contributed by atoms with Crippen molar-refractivity contribution in [3.63, 3.8) is 0 Å². The minimum atomic E-state index is -0.492. The highest BCUT2D eigenvalue weighted by Crippen LogP contribution is 2.27. The summed E-state index contributed by atoms with van der Waals surface area (Å²) in [5.74, 6) is -0.876. The lowest BCUT2D eigenvalue weighted by atomic mass is 9.98. The van der Waals surface area contributed by atoms with Crippen LogP contribution in [0.4, 0.5) is 4.39 Å². The number of carbonyl (C=O) groups excluding carboxylic acids is 1. The minimum Gasteiger partial charge on any atom is -0.343 e. The largest absolute Gasteiger partial charge is 0.343 e. The molecular formula is C20H24FN3O. The van der Waals surface area contributed by atoms with Gasteiger partial charge in [0.25, 0.3) is 5.91 Å². The molecule has 1 aromatic heterocycles. The first kappa shape index (κ1) is 17.5. The second-order valence-corrected chi connectivity index (χ2v) is 6.62. The number of halogens is 1. The molecule has 3 unspecified atom stereocenters. The van der Waals surface area contributed by atoms with Crippen LogP contribution < -0.4 is 10.6 Å². The number of aromatic nitrogens is 1. The van der Waals surface area contributed by atoms with Crippen molar-refractivity contribution >= 4 is 5.91 Å². The van der Waals surface area contributed by atoms with Crippen LogP contribution in [0.1, 0.15) is 53.7 Å². The Morgan fingerprint density at radius 3 is 2.84 bits per heavy atom. The summed E-state index contributed by atoms with van der Waals surface area (Å²) in [6, 6.07) is 8.82. The highest BCUT2D eigenvalue weighted by molar-refractivity contribution is 5.96. The molecule has 3 atom stereocenters. The van der Waals surface area contributed by atoms with Crippen LogP contribution >= 0.6 is 0 Å². The molecule has 1 aliphatic rings. The number of hydrogen-bond donors (Lipinski definition) is 2. The predicted octanol–water partition coefficient (Wildman–Crippen LogP) is 3.53. The highest BCUT2D eigenvalue weighted by Gasteiger charge is 2.32. The molecule has 0 spiro atoms. The van der Waals surface area contributed by atoms with E-state index in [-0.39, 0.29) is 23.6 Å². The monoisotopic (exact) mass is 341 g/mol. The Morgan fingerprint density at radius 2 is 2.20 bits per heavy atom. The Hall–Kier alpha value is -2.27. The van der Waals surface area contributed by atoms with E-state index < -0.39 is 5.82 Å². The van der Waals surface area contributed by atoms with Gasteiger partial charge >= 0.3 is 0 Å². The molecule has 1 fully saturated rings. The highest BCUT2D eigenvalue weighted by atomic mass is 19.1. The lowest BCUT2D eigenvalue weighted by Crippen LogP contribution is -2.43. The van der Waals surface area contributed by atoms with Crippen LogP contribution in [-0.2, 0) is 0 Å². The minimum absolute atomic E-state index is 0.112. The van der Waals surface area contributed by atoms with E-state index in [1.165, 1.54) is 6.07 Å². The fourth-order valence-corrected chi connectivity index (χ4v) is 3.54. The van der Waals surface area contributed by atoms with E-state index in [1.807, 2.05) is 12.1 Å².